The quantitative estimate of drug-likeness (QED) is 0.470. The lowest BCUT2D eigenvalue weighted by Crippen LogP contribution is -2.26. The summed E-state index contributed by atoms with van der Waals surface area (Å²) < 4.78 is 27.6. The second-order valence-electron chi connectivity index (χ2n) is 5.84. The average molecular weight is 416 g/mol. The zero-order valence-electron chi connectivity index (χ0n) is 14.3. The molecule has 0 spiro atoms. The van der Waals surface area contributed by atoms with Crippen LogP contribution in [0.25, 0.3) is 21.1 Å². The van der Waals surface area contributed by atoms with Gasteiger partial charge in [-0.15, -0.1) is 22.7 Å². The van der Waals surface area contributed by atoms with Crippen LogP contribution in [0.15, 0.2) is 70.3 Å². The molecule has 0 radical (unpaired) electrons. The maximum Gasteiger partial charge on any atom is 0.240 e. The Morgan fingerprint density at radius 3 is 2.30 bits per heavy atom. The predicted molar refractivity (Wildman–Crippen MR) is 111 cm³/mol. The minimum absolute atomic E-state index is 0.272. The van der Waals surface area contributed by atoms with Crippen molar-refractivity contribution in [1.29, 1.82) is 0 Å². The van der Waals surface area contributed by atoms with Crippen molar-refractivity contribution in [1.82, 2.24) is 14.9 Å². The van der Waals surface area contributed by atoms with Gasteiger partial charge in [-0.3, -0.25) is 5.10 Å². The molecule has 0 aliphatic carbocycles. The third kappa shape index (κ3) is 3.89. The highest BCUT2D eigenvalue weighted by Crippen LogP contribution is 2.34. The van der Waals surface area contributed by atoms with Crippen molar-refractivity contribution < 1.29 is 8.42 Å². The number of H-pyrrole nitrogens is 1. The summed E-state index contributed by atoms with van der Waals surface area (Å²) in [6.45, 7) is 0.299. The second kappa shape index (κ2) is 7.77. The van der Waals surface area contributed by atoms with Crippen molar-refractivity contribution in [3.8, 4) is 21.1 Å². The Balaban J connectivity index is 1.59. The first kappa shape index (κ1) is 18.1. The lowest BCUT2D eigenvalue weighted by atomic mass is 10.1. The van der Waals surface area contributed by atoms with Gasteiger partial charge in [0, 0.05) is 12.1 Å². The molecule has 0 bridgehead atoms. The normalized spacial score (nSPS) is 11.7. The fraction of sp³-hybridized carbons (Fsp3) is 0.105. The summed E-state index contributed by atoms with van der Waals surface area (Å²) in [6, 6.07) is 16.5. The largest absolute Gasteiger partial charge is 0.276 e. The summed E-state index contributed by atoms with van der Waals surface area (Å²) >= 11 is 3.25. The number of nitrogens with one attached hydrogen (secondary N) is 2. The number of rotatable bonds is 7. The highest BCUT2D eigenvalue weighted by atomic mass is 32.2. The minimum Gasteiger partial charge on any atom is -0.276 e. The Kier molecular flexibility index (Phi) is 5.22. The molecule has 0 saturated heterocycles. The van der Waals surface area contributed by atoms with Gasteiger partial charge < -0.3 is 0 Å². The molecule has 5 nitrogen and oxygen atoms in total. The summed E-state index contributed by atoms with van der Waals surface area (Å²) in [5.74, 6) is 0. The van der Waals surface area contributed by atoms with Crippen LogP contribution >= 0.6 is 22.7 Å². The molecule has 3 heterocycles. The maximum atomic E-state index is 12.5. The Morgan fingerprint density at radius 2 is 1.63 bits per heavy atom. The van der Waals surface area contributed by atoms with Crippen molar-refractivity contribution in [2.24, 2.45) is 0 Å². The Morgan fingerprint density at radius 1 is 0.926 bits per heavy atom. The molecule has 2 N–H and O–H groups in total. The predicted octanol–water partition coefficient (Wildman–Crippen LogP) is 4.39. The lowest BCUT2D eigenvalue weighted by Gasteiger charge is -2.08. The van der Waals surface area contributed by atoms with Crippen molar-refractivity contribution in [3.05, 3.63) is 70.9 Å². The van der Waals surface area contributed by atoms with Crippen LogP contribution < -0.4 is 4.72 Å². The van der Waals surface area contributed by atoms with E-state index in [0.29, 0.717) is 13.0 Å². The summed E-state index contributed by atoms with van der Waals surface area (Å²) in [6.07, 6.45) is 0.545. The zero-order chi connectivity index (χ0) is 18.7. The van der Waals surface area contributed by atoms with E-state index in [1.807, 2.05) is 35.0 Å². The van der Waals surface area contributed by atoms with Gasteiger partial charge in [0.05, 0.1) is 20.3 Å². The van der Waals surface area contributed by atoms with Gasteiger partial charge in [0.25, 0.3) is 0 Å². The minimum atomic E-state index is -3.52. The molecule has 4 rings (SSSR count). The highest BCUT2D eigenvalue weighted by molar-refractivity contribution is 7.89. The van der Waals surface area contributed by atoms with Gasteiger partial charge in [-0.1, -0.05) is 30.3 Å². The van der Waals surface area contributed by atoms with Crippen LogP contribution in [0.4, 0.5) is 0 Å². The second-order valence-corrected chi connectivity index (χ2v) is 9.50. The Labute approximate surface area is 165 Å². The van der Waals surface area contributed by atoms with Crippen LogP contribution in [0.5, 0.6) is 0 Å². The molecule has 138 valence electrons. The molecule has 27 heavy (non-hydrogen) atoms. The average Bonchev–Trinajstić information content (AvgIpc) is 3.43. The van der Waals surface area contributed by atoms with Crippen LogP contribution in [0.3, 0.4) is 0 Å². The van der Waals surface area contributed by atoms with Gasteiger partial charge >= 0.3 is 0 Å². The van der Waals surface area contributed by atoms with E-state index in [1.165, 1.54) is 0 Å². The first-order valence-corrected chi connectivity index (χ1v) is 11.6. The third-order valence-electron chi connectivity index (χ3n) is 4.11. The van der Waals surface area contributed by atoms with E-state index in [4.69, 9.17) is 0 Å². The van der Waals surface area contributed by atoms with E-state index in [-0.39, 0.29) is 4.90 Å². The maximum absolute atomic E-state index is 12.5. The number of sulfonamides is 1. The summed E-state index contributed by atoms with van der Waals surface area (Å²) in [5.41, 5.74) is 2.86. The lowest BCUT2D eigenvalue weighted by molar-refractivity contribution is 0.581. The number of nitrogens with zero attached hydrogens (tertiary/aromatic N) is 1. The van der Waals surface area contributed by atoms with Crippen molar-refractivity contribution in [2.45, 2.75) is 11.3 Å². The third-order valence-corrected chi connectivity index (χ3v) is 7.35. The zero-order valence-corrected chi connectivity index (χ0v) is 16.7. The molecule has 0 atom stereocenters. The SMILES string of the molecule is O=S(=O)(NCCc1c(-c2cccs2)n[nH]c1-c1cccs1)c1ccccc1. The summed E-state index contributed by atoms with van der Waals surface area (Å²) in [5, 5.41) is 11.7. The smallest absolute Gasteiger partial charge is 0.240 e. The van der Waals surface area contributed by atoms with Crippen molar-refractivity contribution in [2.75, 3.05) is 6.54 Å². The highest BCUT2D eigenvalue weighted by Gasteiger charge is 2.19. The van der Waals surface area contributed by atoms with Crippen LogP contribution in [0.1, 0.15) is 5.56 Å². The number of benzene rings is 1. The molecule has 0 unspecified atom stereocenters. The van der Waals surface area contributed by atoms with Crippen LogP contribution in [-0.4, -0.2) is 25.2 Å². The molecular weight excluding hydrogens is 398 g/mol. The number of thiophene rings is 2. The standard InChI is InChI=1S/C19H17N3O2S3/c23-27(24,14-6-2-1-3-7-14)20-11-10-15-18(16-8-4-12-25-16)21-22-19(15)17-9-5-13-26-17/h1-9,12-13,20H,10-11H2,(H,21,22). The van der Waals surface area contributed by atoms with Crippen molar-refractivity contribution >= 4 is 32.7 Å². The molecule has 4 aromatic rings. The van der Waals surface area contributed by atoms with Gasteiger partial charge in [0.2, 0.25) is 10.0 Å². The first-order valence-electron chi connectivity index (χ1n) is 8.35. The van der Waals surface area contributed by atoms with Gasteiger partial charge in [-0.25, -0.2) is 13.1 Å². The first-order chi connectivity index (χ1) is 13.1. The number of aromatic nitrogens is 2. The number of hydrogen-bond acceptors (Lipinski definition) is 5. The van der Waals surface area contributed by atoms with Gasteiger partial charge in [0.1, 0.15) is 5.69 Å². The molecule has 0 aliphatic rings. The molecule has 0 saturated carbocycles. The van der Waals surface area contributed by atoms with E-state index in [2.05, 4.69) is 14.9 Å². The Bertz CT molecular complexity index is 1050. The molecule has 8 heteroatoms. The van der Waals surface area contributed by atoms with E-state index in [0.717, 1.165) is 26.7 Å². The molecule has 0 aliphatic heterocycles. The summed E-state index contributed by atoms with van der Waals surface area (Å²) in [7, 11) is -3.52. The monoisotopic (exact) mass is 415 g/mol. The van der Waals surface area contributed by atoms with Crippen LogP contribution in [0, 0.1) is 0 Å². The van der Waals surface area contributed by atoms with E-state index < -0.39 is 10.0 Å². The molecular formula is C19H17N3O2S3. The molecule has 1 aromatic carbocycles. The van der Waals surface area contributed by atoms with E-state index in [9.17, 15) is 8.42 Å². The van der Waals surface area contributed by atoms with Gasteiger partial charge in [0.15, 0.2) is 0 Å². The van der Waals surface area contributed by atoms with E-state index >= 15 is 0 Å². The molecule has 3 aromatic heterocycles. The van der Waals surface area contributed by atoms with Crippen LogP contribution in [-0.2, 0) is 16.4 Å². The molecule has 0 fully saturated rings. The molecule has 0 amide bonds. The fourth-order valence-electron chi connectivity index (χ4n) is 2.84. The number of aromatic amines is 1. The Hall–Kier alpha value is -2.26. The van der Waals surface area contributed by atoms with Gasteiger partial charge in [-0.05, 0) is 41.4 Å². The van der Waals surface area contributed by atoms with Gasteiger partial charge in [-0.2, -0.15) is 5.10 Å². The van der Waals surface area contributed by atoms with Crippen LogP contribution in [0.2, 0.25) is 0 Å². The van der Waals surface area contributed by atoms with Crippen molar-refractivity contribution in [3.63, 3.8) is 0 Å². The number of hydrogen-bond donors (Lipinski definition) is 2. The fourth-order valence-corrected chi connectivity index (χ4v) is 5.39. The summed E-state index contributed by atoms with van der Waals surface area (Å²) in [4.78, 5) is 2.43. The topological polar surface area (TPSA) is 74.8 Å². The van der Waals surface area contributed by atoms with E-state index in [1.54, 1.807) is 53.0 Å².